The van der Waals surface area contributed by atoms with Crippen LogP contribution in [0, 0.1) is 0 Å². The van der Waals surface area contributed by atoms with Crippen LogP contribution in [0.3, 0.4) is 0 Å². The van der Waals surface area contributed by atoms with Crippen molar-refractivity contribution in [3.8, 4) is 0 Å². The van der Waals surface area contributed by atoms with Gasteiger partial charge in [-0.15, -0.1) is 0 Å². The van der Waals surface area contributed by atoms with Gasteiger partial charge in [-0.2, -0.15) is 0 Å². The molecule has 1 aromatic heterocycles. The second-order valence-electron chi connectivity index (χ2n) is 7.75. The molecule has 3 heterocycles. The highest BCUT2D eigenvalue weighted by atomic mass is 32.2. The maximum atomic E-state index is 13.5. The molecule has 0 radical (unpaired) electrons. The first-order chi connectivity index (χ1) is 13.0. The van der Waals surface area contributed by atoms with Crippen molar-refractivity contribution < 1.29 is 13.5 Å². The van der Waals surface area contributed by atoms with Gasteiger partial charge in [0.25, 0.3) is 10.0 Å². The third kappa shape index (κ3) is 2.63. The molecule has 0 amide bonds. The summed E-state index contributed by atoms with van der Waals surface area (Å²) in [6.45, 7) is 0. The van der Waals surface area contributed by atoms with Crippen molar-refractivity contribution >= 4 is 20.9 Å². The molecule has 2 N–H and O–H groups in total. The van der Waals surface area contributed by atoms with E-state index in [-0.39, 0.29) is 17.0 Å². The van der Waals surface area contributed by atoms with E-state index in [1.54, 1.807) is 36.4 Å². The Kier molecular flexibility index (Phi) is 3.73. The van der Waals surface area contributed by atoms with Crippen LogP contribution < -0.4 is 5.32 Å². The summed E-state index contributed by atoms with van der Waals surface area (Å²) < 4.78 is 28.4. The van der Waals surface area contributed by atoms with Gasteiger partial charge >= 0.3 is 0 Å². The first-order valence-corrected chi connectivity index (χ1v) is 10.8. The Labute approximate surface area is 158 Å². The highest BCUT2D eigenvalue weighted by molar-refractivity contribution is 7.90. The van der Waals surface area contributed by atoms with Crippen LogP contribution in [0.15, 0.2) is 65.6 Å². The van der Waals surface area contributed by atoms with Gasteiger partial charge in [-0.25, -0.2) is 12.4 Å². The average Bonchev–Trinajstić information content (AvgIpc) is 3.23. The van der Waals surface area contributed by atoms with Crippen molar-refractivity contribution in [3.05, 3.63) is 66.4 Å². The zero-order chi connectivity index (χ0) is 18.6. The van der Waals surface area contributed by atoms with E-state index < -0.39 is 15.6 Å². The number of hydrogen-bond acceptors (Lipinski definition) is 4. The summed E-state index contributed by atoms with van der Waals surface area (Å²) >= 11 is 0. The Morgan fingerprint density at radius 2 is 1.59 bits per heavy atom. The van der Waals surface area contributed by atoms with Crippen LogP contribution in [0.4, 0.5) is 0 Å². The summed E-state index contributed by atoms with van der Waals surface area (Å²) in [4.78, 5) is 0.230. The van der Waals surface area contributed by atoms with E-state index in [4.69, 9.17) is 0 Å². The molecule has 0 spiro atoms. The topological polar surface area (TPSA) is 71.3 Å². The van der Waals surface area contributed by atoms with Crippen LogP contribution in [0.5, 0.6) is 0 Å². The summed E-state index contributed by atoms with van der Waals surface area (Å²) in [5, 5.41) is 15.9. The highest BCUT2D eigenvalue weighted by Crippen LogP contribution is 2.43. The Bertz CT molecular complexity index is 1090. The molecule has 2 aromatic carbocycles. The number of rotatable bonds is 3. The maximum absolute atomic E-state index is 13.5. The maximum Gasteiger partial charge on any atom is 0.268 e. The van der Waals surface area contributed by atoms with Crippen molar-refractivity contribution in [3.63, 3.8) is 0 Å². The number of fused-ring (bicyclic) bond motifs is 3. The lowest BCUT2D eigenvalue weighted by molar-refractivity contribution is -0.0156. The molecule has 2 saturated heterocycles. The smallest absolute Gasteiger partial charge is 0.268 e. The van der Waals surface area contributed by atoms with Crippen LogP contribution in [-0.2, 0) is 15.6 Å². The monoisotopic (exact) mass is 382 g/mol. The van der Waals surface area contributed by atoms with Gasteiger partial charge in [-0.05, 0) is 49.9 Å². The summed E-state index contributed by atoms with van der Waals surface area (Å²) in [5.41, 5.74) is -0.0700. The Hall–Kier alpha value is -2.15. The number of aliphatic hydroxyl groups is 1. The Morgan fingerprint density at radius 3 is 2.30 bits per heavy atom. The van der Waals surface area contributed by atoms with Gasteiger partial charge in [0.05, 0.1) is 16.1 Å². The predicted octanol–water partition coefficient (Wildman–Crippen LogP) is 2.98. The van der Waals surface area contributed by atoms with Gasteiger partial charge in [0.1, 0.15) is 5.60 Å². The van der Waals surface area contributed by atoms with E-state index in [1.807, 2.05) is 24.3 Å². The molecular weight excluding hydrogens is 360 g/mol. The SMILES string of the molecule is O=S(=O)(c1ccccc1)n1c(C2(O)CC3CCC(C2)N3)cc2ccccc21. The van der Waals surface area contributed by atoms with Gasteiger partial charge < -0.3 is 10.4 Å². The minimum Gasteiger partial charge on any atom is -0.383 e. The minimum absolute atomic E-state index is 0.230. The second-order valence-corrected chi connectivity index (χ2v) is 9.54. The van der Waals surface area contributed by atoms with Crippen molar-refractivity contribution in [2.24, 2.45) is 0 Å². The number of aromatic nitrogens is 1. The number of nitrogens with one attached hydrogen (secondary N) is 1. The molecular formula is C21H22N2O3S. The minimum atomic E-state index is -3.82. The molecule has 3 aromatic rings. The lowest BCUT2D eigenvalue weighted by Gasteiger charge is -2.37. The zero-order valence-electron chi connectivity index (χ0n) is 14.9. The van der Waals surface area contributed by atoms with E-state index in [9.17, 15) is 13.5 Å². The zero-order valence-corrected chi connectivity index (χ0v) is 15.7. The number of para-hydroxylation sites is 1. The summed E-state index contributed by atoms with van der Waals surface area (Å²) in [6, 6.07) is 18.2. The van der Waals surface area contributed by atoms with Gasteiger partial charge in [0.2, 0.25) is 0 Å². The van der Waals surface area contributed by atoms with E-state index in [2.05, 4.69) is 5.32 Å². The third-order valence-corrected chi connectivity index (χ3v) is 7.67. The molecule has 2 fully saturated rings. The van der Waals surface area contributed by atoms with Crippen molar-refractivity contribution in [1.82, 2.24) is 9.29 Å². The quantitative estimate of drug-likeness (QED) is 0.731. The summed E-state index contributed by atoms with van der Waals surface area (Å²) in [6.07, 6.45) is 3.12. The normalized spacial score (nSPS) is 27.9. The van der Waals surface area contributed by atoms with E-state index in [0.29, 0.717) is 24.1 Å². The highest BCUT2D eigenvalue weighted by Gasteiger charge is 2.46. The lowest BCUT2D eigenvalue weighted by Crippen LogP contribution is -2.47. The number of hydrogen-bond donors (Lipinski definition) is 2. The summed E-state index contributed by atoms with van der Waals surface area (Å²) in [7, 11) is -3.82. The van der Waals surface area contributed by atoms with Crippen molar-refractivity contribution in [1.29, 1.82) is 0 Å². The molecule has 2 atom stereocenters. The average molecular weight is 382 g/mol. The Morgan fingerprint density at radius 1 is 0.963 bits per heavy atom. The van der Waals surface area contributed by atoms with E-state index >= 15 is 0 Å². The van der Waals surface area contributed by atoms with Gasteiger partial charge in [0.15, 0.2) is 0 Å². The van der Waals surface area contributed by atoms with Crippen LogP contribution in [0.1, 0.15) is 31.4 Å². The first-order valence-electron chi connectivity index (χ1n) is 9.37. The predicted molar refractivity (Wildman–Crippen MR) is 104 cm³/mol. The molecule has 5 rings (SSSR count). The summed E-state index contributed by atoms with van der Waals surface area (Å²) in [5.74, 6) is 0. The van der Waals surface area contributed by atoms with E-state index in [0.717, 1.165) is 18.2 Å². The molecule has 2 bridgehead atoms. The van der Waals surface area contributed by atoms with Crippen molar-refractivity contribution in [2.75, 3.05) is 0 Å². The van der Waals surface area contributed by atoms with E-state index in [1.165, 1.54) is 3.97 Å². The molecule has 0 saturated carbocycles. The fraction of sp³-hybridized carbons (Fsp3) is 0.333. The third-order valence-electron chi connectivity index (χ3n) is 5.93. The van der Waals surface area contributed by atoms with Gasteiger partial charge in [0, 0.05) is 17.5 Å². The number of benzene rings is 2. The molecule has 6 heteroatoms. The van der Waals surface area contributed by atoms with Gasteiger partial charge in [-0.3, -0.25) is 0 Å². The Balaban J connectivity index is 1.76. The van der Waals surface area contributed by atoms with Crippen LogP contribution in [-0.4, -0.2) is 29.6 Å². The largest absolute Gasteiger partial charge is 0.383 e. The van der Waals surface area contributed by atoms with Crippen molar-refractivity contribution in [2.45, 2.75) is 48.3 Å². The van der Waals surface area contributed by atoms with Crippen LogP contribution in [0.2, 0.25) is 0 Å². The molecule has 2 unspecified atom stereocenters. The fourth-order valence-corrected chi connectivity index (χ4v) is 6.36. The molecule has 2 aliphatic heterocycles. The van der Waals surface area contributed by atoms with Gasteiger partial charge in [-0.1, -0.05) is 36.4 Å². The second kappa shape index (κ2) is 5.92. The number of nitrogens with zero attached hydrogens (tertiary/aromatic N) is 1. The molecule has 27 heavy (non-hydrogen) atoms. The standard InChI is InChI=1S/C21H22N2O3S/c24-21(13-16-10-11-17(14-21)22-16)20-12-15-6-4-5-9-19(15)23(20)27(25,26)18-7-2-1-3-8-18/h1-9,12,16-17,22,24H,10-11,13-14H2. The lowest BCUT2D eigenvalue weighted by atomic mass is 9.85. The molecule has 5 nitrogen and oxygen atoms in total. The molecule has 2 aliphatic rings. The first kappa shape index (κ1) is 17.0. The van der Waals surface area contributed by atoms with Crippen LogP contribution >= 0.6 is 0 Å². The molecule has 0 aliphatic carbocycles. The number of piperidine rings is 1. The van der Waals surface area contributed by atoms with Crippen LogP contribution in [0.25, 0.3) is 10.9 Å². The fourth-order valence-electron chi connectivity index (χ4n) is 4.74. The molecule has 140 valence electrons.